The van der Waals surface area contributed by atoms with Crippen molar-refractivity contribution in [2.24, 2.45) is 0 Å². The molecule has 2 heterocycles. The van der Waals surface area contributed by atoms with Crippen LogP contribution in [0.1, 0.15) is 0 Å². The molecule has 0 radical (unpaired) electrons. The van der Waals surface area contributed by atoms with Crippen molar-refractivity contribution in [2.45, 2.75) is 0 Å². The predicted octanol–water partition coefficient (Wildman–Crippen LogP) is 5.33. The lowest BCUT2D eigenvalue weighted by Crippen LogP contribution is -1.97. The van der Waals surface area contributed by atoms with E-state index in [4.69, 9.17) is 34.8 Å². The Morgan fingerprint density at radius 1 is 0.950 bits per heavy atom. The molecule has 2 aromatic heterocycles. The SMILES string of the molecule is Clc1cc(Cl)c(Nc2cccc3cccnc23)nc1Cl. The molecule has 0 aliphatic carbocycles. The molecule has 1 N–H and O–H groups in total. The summed E-state index contributed by atoms with van der Waals surface area (Å²) in [5.74, 6) is 0.444. The lowest BCUT2D eigenvalue weighted by atomic mass is 10.2. The van der Waals surface area contributed by atoms with Crippen LogP contribution in [0.2, 0.25) is 15.2 Å². The zero-order chi connectivity index (χ0) is 14.1. The zero-order valence-electron chi connectivity index (χ0n) is 10.1. The molecule has 1 aromatic carbocycles. The molecule has 0 bridgehead atoms. The summed E-state index contributed by atoms with van der Waals surface area (Å²) in [4.78, 5) is 8.49. The van der Waals surface area contributed by atoms with Crippen molar-refractivity contribution < 1.29 is 0 Å². The van der Waals surface area contributed by atoms with E-state index in [9.17, 15) is 0 Å². The quantitative estimate of drug-likeness (QED) is 0.647. The number of para-hydroxylation sites is 1. The van der Waals surface area contributed by atoms with Gasteiger partial charge in [0.05, 0.1) is 21.2 Å². The van der Waals surface area contributed by atoms with Crippen LogP contribution in [0.25, 0.3) is 10.9 Å². The number of fused-ring (bicyclic) bond motifs is 1. The largest absolute Gasteiger partial charge is 0.337 e. The van der Waals surface area contributed by atoms with Gasteiger partial charge in [-0.25, -0.2) is 4.98 Å². The lowest BCUT2D eigenvalue weighted by Gasteiger charge is -2.10. The first-order valence-corrected chi connectivity index (χ1v) is 6.91. The fourth-order valence-corrected chi connectivity index (χ4v) is 2.41. The molecule has 0 atom stereocenters. The Morgan fingerprint density at radius 3 is 2.60 bits per heavy atom. The summed E-state index contributed by atoms with van der Waals surface area (Å²) in [6, 6.07) is 11.2. The number of halogens is 3. The Bertz CT molecular complexity index is 784. The molecular formula is C14H8Cl3N3. The van der Waals surface area contributed by atoms with Gasteiger partial charge in [-0.05, 0) is 18.2 Å². The van der Waals surface area contributed by atoms with E-state index in [0.717, 1.165) is 16.6 Å². The highest BCUT2D eigenvalue weighted by molar-refractivity contribution is 6.43. The van der Waals surface area contributed by atoms with Crippen molar-refractivity contribution in [3.8, 4) is 0 Å². The molecule has 0 aliphatic rings. The van der Waals surface area contributed by atoms with Gasteiger partial charge >= 0.3 is 0 Å². The third-order valence-electron chi connectivity index (χ3n) is 2.77. The normalized spacial score (nSPS) is 10.8. The number of benzene rings is 1. The van der Waals surface area contributed by atoms with E-state index in [-0.39, 0.29) is 5.15 Å². The molecule has 6 heteroatoms. The Hall–Kier alpha value is -1.55. The predicted molar refractivity (Wildman–Crippen MR) is 84.3 cm³/mol. The van der Waals surface area contributed by atoms with Crippen LogP contribution in [-0.4, -0.2) is 9.97 Å². The maximum Gasteiger partial charge on any atom is 0.151 e. The molecule has 3 nitrogen and oxygen atoms in total. The van der Waals surface area contributed by atoms with Crippen LogP contribution in [-0.2, 0) is 0 Å². The molecule has 0 unspecified atom stereocenters. The molecule has 3 aromatic rings. The van der Waals surface area contributed by atoms with Crippen molar-refractivity contribution in [2.75, 3.05) is 5.32 Å². The minimum absolute atomic E-state index is 0.201. The highest BCUT2D eigenvalue weighted by Gasteiger charge is 2.09. The van der Waals surface area contributed by atoms with Gasteiger partial charge < -0.3 is 5.32 Å². The van der Waals surface area contributed by atoms with Gasteiger partial charge in [0, 0.05) is 11.6 Å². The minimum atomic E-state index is 0.201. The van der Waals surface area contributed by atoms with Crippen molar-refractivity contribution in [1.29, 1.82) is 0 Å². The fourth-order valence-electron chi connectivity index (χ4n) is 1.86. The van der Waals surface area contributed by atoms with Crippen LogP contribution in [0.5, 0.6) is 0 Å². The third-order valence-corrected chi connectivity index (χ3v) is 3.73. The van der Waals surface area contributed by atoms with E-state index >= 15 is 0 Å². The Morgan fingerprint density at radius 2 is 1.75 bits per heavy atom. The van der Waals surface area contributed by atoms with E-state index < -0.39 is 0 Å². The van der Waals surface area contributed by atoms with Gasteiger partial charge in [0.1, 0.15) is 5.15 Å². The van der Waals surface area contributed by atoms with Crippen LogP contribution in [0.15, 0.2) is 42.6 Å². The summed E-state index contributed by atoms with van der Waals surface area (Å²) >= 11 is 17.9. The second-order valence-electron chi connectivity index (χ2n) is 4.10. The van der Waals surface area contributed by atoms with Crippen molar-refractivity contribution >= 4 is 57.2 Å². The second-order valence-corrected chi connectivity index (χ2v) is 5.27. The van der Waals surface area contributed by atoms with E-state index in [2.05, 4.69) is 15.3 Å². The van der Waals surface area contributed by atoms with Gasteiger partial charge in [0.25, 0.3) is 0 Å². The maximum absolute atomic E-state index is 6.11. The summed E-state index contributed by atoms with van der Waals surface area (Å²) in [7, 11) is 0. The van der Waals surface area contributed by atoms with Crippen LogP contribution < -0.4 is 5.32 Å². The molecule has 0 amide bonds. The van der Waals surface area contributed by atoms with Crippen molar-refractivity contribution in [3.63, 3.8) is 0 Å². The first kappa shape index (κ1) is 13.4. The van der Waals surface area contributed by atoms with Gasteiger partial charge in [0.15, 0.2) is 5.82 Å². The zero-order valence-corrected chi connectivity index (χ0v) is 12.3. The summed E-state index contributed by atoms with van der Waals surface area (Å²) in [6.45, 7) is 0. The number of pyridine rings is 2. The molecule has 0 saturated carbocycles. The van der Waals surface area contributed by atoms with Crippen LogP contribution in [0.4, 0.5) is 11.5 Å². The average molecular weight is 325 g/mol. The topological polar surface area (TPSA) is 37.8 Å². The number of hydrogen-bond donors (Lipinski definition) is 1. The maximum atomic E-state index is 6.11. The smallest absolute Gasteiger partial charge is 0.151 e. The third kappa shape index (κ3) is 2.52. The number of rotatable bonds is 2. The lowest BCUT2D eigenvalue weighted by molar-refractivity contribution is 1.30. The van der Waals surface area contributed by atoms with Gasteiger partial charge in [-0.3, -0.25) is 4.98 Å². The van der Waals surface area contributed by atoms with E-state index in [0.29, 0.717) is 15.9 Å². The van der Waals surface area contributed by atoms with E-state index in [1.165, 1.54) is 0 Å². The van der Waals surface area contributed by atoms with E-state index in [1.807, 2.05) is 30.3 Å². The highest BCUT2D eigenvalue weighted by atomic mass is 35.5. The molecule has 0 aliphatic heterocycles. The standard InChI is InChI=1S/C14H8Cl3N3/c15-9-7-10(16)14(20-13(9)17)19-11-5-1-3-8-4-2-6-18-12(8)11/h1-7H,(H,19,20). The second kappa shape index (κ2) is 5.44. The van der Waals surface area contributed by atoms with Gasteiger partial charge in [-0.15, -0.1) is 0 Å². The first-order valence-electron chi connectivity index (χ1n) is 5.77. The molecule has 100 valence electrons. The fraction of sp³-hybridized carbons (Fsp3) is 0. The van der Waals surface area contributed by atoms with E-state index in [1.54, 1.807) is 12.3 Å². The molecule has 0 spiro atoms. The summed E-state index contributed by atoms with van der Waals surface area (Å²) < 4.78 is 0. The van der Waals surface area contributed by atoms with Gasteiger partial charge in [-0.1, -0.05) is 53.0 Å². The van der Waals surface area contributed by atoms with Crippen molar-refractivity contribution in [3.05, 3.63) is 57.8 Å². The number of nitrogens with zero attached hydrogens (tertiary/aromatic N) is 2. The molecule has 0 saturated heterocycles. The number of aromatic nitrogens is 2. The number of anilines is 2. The summed E-state index contributed by atoms with van der Waals surface area (Å²) in [5, 5.41) is 5.07. The van der Waals surface area contributed by atoms with Crippen LogP contribution in [0, 0.1) is 0 Å². The summed E-state index contributed by atoms with van der Waals surface area (Å²) in [6.07, 6.45) is 1.73. The molecule has 3 rings (SSSR count). The Labute approximate surface area is 130 Å². The Kier molecular flexibility index (Phi) is 3.66. The van der Waals surface area contributed by atoms with Gasteiger partial charge in [-0.2, -0.15) is 0 Å². The minimum Gasteiger partial charge on any atom is -0.337 e. The van der Waals surface area contributed by atoms with Gasteiger partial charge in [0.2, 0.25) is 0 Å². The Balaban J connectivity index is 2.08. The molecule has 0 fully saturated rings. The summed E-state index contributed by atoms with van der Waals surface area (Å²) in [5.41, 5.74) is 1.63. The molecular weight excluding hydrogens is 317 g/mol. The number of nitrogens with one attached hydrogen (secondary N) is 1. The monoisotopic (exact) mass is 323 g/mol. The first-order chi connectivity index (χ1) is 9.65. The number of hydrogen-bond acceptors (Lipinski definition) is 3. The van der Waals surface area contributed by atoms with Crippen LogP contribution in [0.3, 0.4) is 0 Å². The van der Waals surface area contributed by atoms with Crippen molar-refractivity contribution in [1.82, 2.24) is 9.97 Å². The molecule has 20 heavy (non-hydrogen) atoms. The highest BCUT2D eigenvalue weighted by Crippen LogP contribution is 2.32. The van der Waals surface area contributed by atoms with Crippen LogP contribution >= 0.6 is 34.8 Å². The average Bonchev–Trinajstić information content (AvgIpc) is 2.45.